The highest BCUT2D eigenvalue weighted by Gasteiger charge is 2.16. The van der Waals surface area contributed by atoms with Crippen LogP contribution in [-0.4, -0.2) is 23.9 Å². The Kier molecular flexibility index (Phi) is 6.09. The summed E-state index contributed by atoms with van der Waals surface area (Å²) in [5.41, 5.74) is 0.664. The van der Waals surface area contributed by atoms with Crippen molar-refractivity contribution in [3.8, 4) is 0 Å². The van der Waals surface area contributed by atoms with Crippen molar-refractivity contribution in [1.29, 1.82) is 0 Å². The Labute approximate surface area is 143 Å². The molecule has 0 radical (unpaired) electrons. The predicted octanol–water partition coefficient (Wildman–Crippen LogP) is 4.71. The number of carbonyl (C=O) groups excluding carboxylic acids is 1. The van der Waals surface area contributed by atoms with E-state index < -0.39 is 11.8 Å². The number of aliphatic imine (C=N–C) groups is 1. The van der Waals surface area contributed by atoms with E-state index >= 15 is 0 Å². The van der Waals surface area contributed by atoms with E-state index in [1.807, 2.05) is 0 Å². The molecule has 0 saturated carbocycles. The van der Waals surface area contributed by atoms with E-state index in [1.165, 1.54) is 36.5 Å². The zero-order valence-electron chi connectivity index (χ0n) is 12.9. The van der Waals surface area contributed by atoms with Gasteiger partial charge in [-0.25, -0.2) is 9.18 Å². The van der Waals surface area contributed by atoms with Gasteiger partial charge in [0.25, 0.3) is 0 Å². The van der Waals surface area contributed by atoms with Gasteiger partial charge in [-0.2, -0.15) is 0 Å². The van der Waals surface area contributed by atoms with Gasteiger partial charge in [-0.1, -0.05) is 23.7 Å². The first-order valence-corrected chi connectivity index (χ1v) is 7.55. The van der Waals surface area contributed by atoms with Crippen LogP contribution in [0.1, 0.15) is 12.5 Å². The van der Waals surface area contributed by atoms with E-state index in [0.29, 0.717) is 16.3 Å². The van der Waals surface area contributed by atoms with Crippen molar-refractivity contribution in [2.45, 2.75) is 6.92 Å². The normalized spacial score (nSPS) is 12.1. The highest BCUT2D eigenvalue weighted by Crippen LogP contribution is 2.21. The Morgan fingerprint density at radius 2 is 2.00 bits per heavy atom. The Hall–Kier alpha value is -2.66. The van der Waals surface area contributed by atoms with Crippen molar-refractivity contribution >= 4 is 35.2 Å². The number of rotatable bonds is 5. The van der Waals surface area contributed by atoms with Gasteiger partial charge in [0, 0.05) is 16.8 Å². The van der Waals surface area contributed by atoms with Crippen molar-refractivity contribution in [2.24, 2.45) is 4.99 Å². The number of hydrogen-bond donors (Lipinski definition) is 1. The fraction of sp³-hybridized carbons (Fsp3) is 0.111. The lowest BCUT2D eigenvalue weighted by molar-refractivity contribution is -0.137. The minimum absolute atomic E-state index is 0.122. The van der Waals surface area contributed by atoms with Crippen LogP contribution in [-0.2, 0) is 9.53 Å². The molecule has 0 fully saturated rings. The van der Waals surface area contributed by atoms with Gasteiger partial charge < -0.3 is 9.84 Å². The molecule has 2 aromatic rings. The number of halogens is 2. The van der Waals surface area contributed by atoms with Crippen LogP contribution in [0.25, 0.3) is 5.76 Å². The van der Waals surface area contributed by atoms with E-state index in [-0.39, 0.29) is 17.9 Å². The summed E-state index contributed by atoms with van der Waals surface area (Å²) in [4.78, 5) is 16.2. The maximum atomic E-state index is 12.9. The van der Waals surface area contributed by atoms with Gasteiger partial charge in [0.1, 0.15) is 17.1 Å². The maximum Gasteiger partial charge on any atom is 0.343 e. The van der Waals surface area contributed by atoms with E-state index in [4.69, 9.17) is 16.3 Å². The largest absolute Gasteiger partial charge is 0.506 e. The molecule has 124 valence electrons. The summed E-state index contributed by atoms with van der Waals surface area (Å²) in [5, 5.41) is 10.8. The molecule has 2 aromatic carbocycles. The molecule has 6 heteroatoms. The highest BCUT2D eigenvalue weighted by molar-refractivity contribution is 6.30. The molecule has 0 atom stereocenters. The van der Waals surface area contributed by atoms with Gasteiger partial charge in [0.2, 0.25) is 0 Å². The van der Waals surface area contributed by atoms with Gasteiger partial charge in [-0.3, -0.25) is 4.99 Å². The number of aliphatic hydroxyl groups excluding tert-OH is 1. The highest BCUT2D eigenvalue weighted by atomic mass is 35.5. The molecule has 0 unspecified atom stereocenters. The summed E-state index contributed by atoms with van der Waals surface area (Å²) in [7, 11) is 0. The lowest BCUT2D eigenvalue weighted by Gasteiger charge is -2.07. The monoisotopic (exact) mass is 347 g/mol. The van der Waals surface area contributed by atoms with Crippen LogP contribution in [0.2, 0.25) is 5.02 Å². The lowest BCUT2D eigenvalue weighted by Crippen LogP contribution is -2.11. The molecule has 0 heterocycles. The van der Waals surface area contributed by atoms with Gasteiger partial charge in [0.15, 0.2) is 0 Å². The Morgan fingerprint density at radius 1 is 1.29 bits per heavy atom. The molecule has 4 nitrogen and oxygen atoms in total. The van der Waals surface area contributed by atoms with Crippen molar-refractivity contribution in [1.82, 2.24) is 0 Å². The number of nitrogens with zero attached hydrogens (tertiary/aromatic N) is 1. The van der Waals surface area contributed by atoms with Crippen molar-refractivity contribution in [3.05, 3.63) is 70.5 Å². The topological polar surface area (TPSA) is 58.9 Å². The molecule has 0 amide bonds. The summed E-state index contributed by atoms with van der Waals surface area (Å²) in [5.74, 6) is -1.42. The van der Waals surface area contributed by atoms with Crippen LogP contribution in [0.5, 0.6) is 0 Å². The minimum Gasteiger partial charge on any atom is -0.506 e. The lowest BCUT2D eigenvalue weighted by atomic mass is 10.1. The number of aliphatic hydroxyl groups is 1. The molecule has 0 aliphatic heterocycles. The Morgan fingerprint density at radius 3 is 2.62 bits per heavy atom. The van der Waals surface area contributed by atoms with E-state index in [1.54, 1.807) is 25.1 Å². The fourth-order valence-corrected chi connectivity index (χ4v) is 2.07. The minimum atomic E-state index is -0.721. The predicted molar refractivity (Wildman–Crippen MR) is 92.2 cm³/mol. The first-order chi connectivity index (χ1) is 11.5. The van der Waals surface area contributed by atoms with E-state index in [9.17, 15) is 14.3 Å². The van der Waals surface area contributed by atoms with E-state index in [0.717, 1.165) is 0 Å². The molecule has 1 N–H and O–H groups in total. The maximum absolute atomic E-state index is 12.9. The average Bonchev–Trinajstić information content (AvgIpc) is 2.57. The van der Waals surface area contributed by atoms with Gasteiger partial charge in [0.05, 0.1) is 12.3 Å². The summed E-state index contributed by atoms with van der Waals surface area (Å²) in [6.45, 7) is 1.80. The second-order valence-electron chi connectivity index (χ2n) is 4.73. The first-order valence-electron chi connectivity index (χ1n) is 7.17. The molecular formula is C18H15ClFNO3. The fourth-order valence-electron chi connectivity index (χ4n) is 1.88. The SMILES string of the molecule is CCOC(=O)/C(C=Nc1ccc(F)cc1)=C(/O)c1cccc(Cl)c1. The molecular weight excluding hydrogens is 333 g/mol. The zero-order chi connectivity index (χ0) is 17.5. The molecule has 0 aromatic heterocycles. The van der Waals surface area contributed by atoms with E-state index in [2.05, 4.69) is 4.99 Å². The molecule has 0 aliphatic rings. The van der Waals surface area contributed by atoms with Gasteiger partial charge in [-0.05, 0) is 43.3 Å². The number of carbonyl (C=O) groups is 1. The van der Waals surface area contributed by atoms with Crippen LogP contribution in [0.3, 0.4) is 0 Å². The Bertz CT molecular complexity index is 785. The van der Waals surface area contributed by atoms with Crippen LogP contribution in [0.4, 0.5) is 10.1 Å². The van der Waals surface area contributed by atoms with Crippen molar-refractivity contribution < 1.29 is 19.0 Å². The zero-order valence-corrected chi connectivity index (χ0v) is 13.6. The van der Waals surface area contributed by atoms with Crippen LogP contribution < -0.4 is 0 Å². The summed E-state index contributed by atoms with van der Waals surface area (Å²) < 4.78 is 17.9. The molecule has 0 saturated heterocycles. The van der Waals surface area contributed by atoms with Crippen LogP contribution in [0.15, 0.2) is 59.1 Å². The smallest absolute Gasteiger partial charge is 0.343 e. The number of esters is 1. The molecule has 0 aliphatic carbocycles. The summed E-state index contributed by atoms with van der Waals surface area (Å²) in [6, 6.07) is 11.8. The van der Waals surface area contributed by atoms with Crippen molar-refractivity contribution in [3.63, 3.8) is 0 Å². The van der Waals surface area contributed by atoms with Crippen LogP contribution in [0, 0.1) is 5.82 Å². The Balaban J connectivity index is 2.42. The molecule has 0 spiro atoms. The second-order valence-corrected chi connectivity index (χ2v) is 5.16. The number of ether oxygens (including phenoxy) is 1. The van der Waals surface area contributed by atoms with Gasteiger partial charge in [-0.15, -0.1) is 0 Å². The van der Waals surface area contributed by atoms with Gasteiger partial charge >= 0.3 is 5.97 Å². The number of hydrogen-bond acceptors (Lipinski definition) is 4. The standard InChI is InChI=1S/C18H15ClFNO3/c1-2-24-18(23)16(11-21-15-8-6-14(20)7-9-15)17(22)12-4-3-5-13(19)10-12/h3-11,22H,2H2,1H3/b17-16+,21-11?. The number of benzene rings is 2. The third kappa shape index (κ3) is 4.67. The third-order valence-corrected chi connectivity index (χ3v) is 3.25. The second kappa shape index (κ2) is 8.26. The molecule has 2 rings (SSSR count). The average molecular weight is 348 g/mol. The third-order valence-electron chi connectivity index (χ3n) is 3.02. The first kappa shape index (κ1) is 17.7. The molecule has 24 heavy (non-hydrogen) atoms. The van der Waals surface area contributed by atoms with Crippen LogP contribution >= 0.6 is 11.6 Å². The van der Waals surface area contributed by atoms with Crippen molar-refractivity contribution in [2.75, 3.05) is 6.61 Å². The quantitative estimate of drug-likeness (QED) is 0.368. The summed E-state index contributed by atoms with van der Waals surface area (Å²) in [6.07, 6.45) is 1.18. The molecule has 0 bridgehead atoms. The summed E-state index contributed by atoms with van der Waals surface area (Å²) >= 11 is 5.90.